The van der Waals surface area contributed by atoms with Crippen LogP contribution in [0.5, 0.6) is 11.5 Å². The summed E-state index contributed by atoms with van der Waals surface area (Å²) >= 11 is 0. The van der Waals surface area contributed by atoms with Crippen LogP contribution in [0.25, 0.3) is 22.2 Å². The summed E-state index contributed by atoms with van der Waals surface area (Å²) in [7, 11) is 3.59. The molecule has 7 rings (SSSR count). The van der Waals surface area contributed by atoms with Gasteiger partial charge in [-0.2, -0.15) is 0 Å². The molecule has 3 aliphatic heterocycles. The van der Waals surface area contributed by atoms with Crippen LogP contribution in [0.1, 0.15) is 23.2 Å². The lowest BCUT2D eigenvalue weighted by molar-refractivity contribution is -0.0836. The van der Waals surface area contributed by atoms with Gasteiger partial charge in [-0.3, -0.25) is 5.32 Å². The molecule has 42 heavy (non-hydrogen) atoms. The molecule has 2 N–H and O–H groups in total. The Kier molecular flexibility index (Phi) is 6.93. The van der Waals surface area contributed by atoms with Crippen molar-refractivity contribution in [2.24, 2.45) is 7.05 Å². The Morgan fingerprint density at radius 3 is 2.76 bits per heavy atom. The summed E-state index contributed by atoms with van der Waals surface area (Å²) in [5, 5.41) is 6.66. The van der Waals surface area contributed by atoms with E-state index in [2.05, 4.69) is 15.6 Å². The lowest BCUT2D eigenvalue weighted by Gasteiger charge is -2.36. The normalized spacial score (nSPS) is 19.9. The van der Waals surface area contributed by atoms with Crippen molar-refractivity contribution < 1.29 is 28.5 Å². The van der Waals surface area contributed by atoms with Crippen molar-refractivity contribution in [1.29, 1.82) is 0 Å². The van der Waals surface area contributed by atoms with Crippen LogP contribution in [-0.4, -0.2) is 66.8 Å². The largest absolute Gasteiger partial charge is 0.497 e. The Morgan fingerprint density at radius 1 is 1.17 bits per heavy atom. The number of methoxy groups -OCH3 is 1. The minimum absolute atomic E-state index is 0.0203. The van der Waals surface area contributed by atoms with Crippen molar-refractivity contribution >= 4 is 22.8 Å². The van der Waals surface area contributed by atoms with Gasteiger partial charge in [-0.1, -0.05) is 12.1 Å². The number of aryl methyl sites for hydroxylation is 1. The number of fused-ring (bicyclic) bond motifs is 3. The van der Waals surface area contributed by atoms with Crippen LogP contribution in [0, 0.1) is 0 Å². The van der Waals surface area contributed by atoms with Gasteiger partial charge in [0, 0.05) is 61.8 Å². The highest BCUT2D eigenvalue weighted by atomic mass is 16.6. The lowest BCUT2D eigenvalue weighted by Crippen LogP contribution is -2.40. The molecule has 0 radical (unpaired) electrons. The molecule has 4 aromatic rings. The second-order valence-corrected chi connectivity index (χ2v) is 10.9. The number of nitrogens with one attached hydrogen (secondary N) is 2. The molecule has 218 valence electrons. The Hall–Kier alpha value is -4.19. The number of hydrogen-bond acceptors (Lipinski definition) is 8. The fourth-order valence-corrected chi connectivity index (χ4v) is 5.77. The summed E-state index contributed by atoms with van der Waals surface area (Å²) < 4.78 is 31.1. The molecule has 1 atom stereocenters. The molecule has 11 heteroatoms. The number of nitrogens with zero attached hydrogens (tertiary/aromatic N) is 3. The smallest absolute Gasteiger partial charge is 0.320 e. The molecular weight excluding hydrogens is 538 g/mol. The van der Waals surface area contributed by atoms with Gasteiger partial charge in [-0.25, -0.2) is 14.8 Å². The topological polar surface area (TPSA) is 118 Å². The van der Waals surface area contributed by atoms with Gasteiger partial charge in [0.1, 0.15) is 29.0 Å². The molecule has 2 fully saturated rings. The zero-order valence-corrected chi connectivity index (χ0v) is 23.6. The molecule has 11 nitrogen and oxygen atoms in total. The number of aromatic nitrogens is 3. The average molecular weight is 572 g/mol. The Morgan fingerprint density at radius 2 is 2.02 bits per heavy atom. The number of hydrogen-bond donors (Lipinski definition) is 2. The van der Waals surface area contributed by atoms with Gasteiger partial charge >= 0.3 is 6.03 Å². The minimum Gasteiger partial charge on any atom is -0.497 e. The third-order valence-corrected chi connectivity index (χ3v) is 8.14. The Bertz CT molecular complexity index is 1630. The third kappa shape index (κ3) is 4.93. The van der Waals surface area contributed by atoms with E-state index in [0.717, 1.165) is 63.3 Å². The minimum atomic E-state index is -0.571. The van der Waals surface area contributed by atoms with Crippen LogP contribution < -0.4 is 20.1 Å². The highest BCUT2D eigenvalue weighted by Gasteiger charge is 2.44. The first kappa shape index (κ1) is 26.7. The van der Waals surface area contributed by atoms with E-state index in [4.69, 9.17) is 28.7 Å². The van der Waals surface area contributed by atoms with Crippen LogP contribution >= 0.6 is 0 Å². The van der Waals surface area contributed by atoms with Crippen LogP contribution in [0.2, 0.25) is 0 Å². The second-order valence-electron chi connectivity index (χ2n) is 10.9. The van der Waals surface area contributed by atoms with Crippen molar-refractivity contribution in [3.63, 3.8) is 0 Å². The number of pyridine rings is 2. The van der Waals surface area contributed by atoms with Crippen LogP contribution in [-0.2, 0) is 39.8 Å². The van der Waals surface area contributed by atoms with Gasteiger partial charge < -0.3 is 33.6 Å². The maximum atomic E-state index is 12.7. The number of urea groups is 1. The fourth-order valence-electron chi connectivity index (χ4n) is 5.77. The van der Waals surface area contributed by atoms with E-state index < -0.39 is 5.60 Å². The van der Waals surface area contributed by atoms with Crippen molar-refractivity contribution in [2.45, 2.75) is 31.1 Å². The molecule has 3 aliphatic rings. The highest BCUT2D eigenvalue weighted by molar-refractivity contribution is 5.98. The summed E-state index contributed by atoms with van der Waals surface area (Å²) in [5.41, 5.74) is 4.96. The first-order chi connectivity index (χ1) is 20.5. The molecule has 2 saturated heterocycles. The first-order valence-electron chi connectivity index (χ1n) is 14.1. The van der Waals surface area contributed by atoms with Gasteiger partial charge in [-0.15, -0.1) is 0 Å². The SMILES string of the molecule is COc1ccc(CNC(=O)Nc2cc3c(-c4cc(OC5COC5)c5c(n4)C4(CCOC4)OCC5)cn(C)c3cn2)cc1. The quantitative estimate of drug-likeness (QED) is 0.343. The fraction of sp³-hybridized carbons (Fsp3) is 0.387. The second kappa shape index (κ2) is 10.9. The number of rotatable bonds is 7. The zero-order valence-electron chi connectivity index (χ0n) is 23.6. The van der Waals surface area contributed by atoms with Crippen molar-refractivity contribution in [1.82, 2.24) is 19.9 Å². The van der Waals surface area contributed by atoms with Crippen molar-refractivity contribution in [3.8, 4) is 22.8 Å². The summed E-state index contributed by atoms with van der Waals surface area (Å²) in [6.45, 7) is 3.23. The molecular formula is C31H33N5O6. The van der Waals surface area contributed by atoms with Crippen molar-refractivity contribution in [2.75, 3.05) is 45.5 Å². The van der Waals surface area contributed by atoms with Gasteiger partial charge in [0.05, 0.1) is 56.6 Å². The van der Waals surface area contributed by atoms with E-state index in [1.807, 2.05) is 54.2 Å². The Balaban J connectivity index is 1.20. The predicted molar refractivity (Wildman–Crippen MR) is 155 cm³/mol. The number of amides is 2. The molecule has 2 amide bonds. The molecule has 1 aromatic carbocycles. The summed E-state index contributed by atoms with van der Waals surface area (Å²) in [4.78, 5) is 22.4. The average Bonchev–Trinajstić information content (AvgIpc) is 3.59. The molecule has 1 unspecified atom stereocenters. The van der Waals surface area contributed by atoms with Crippen LogP contribution in [0.4, 0.5) is 10.6 Å². The summed E-state index contributed by atoms with van der Waals surface area (Å²) in [6.07, 6.45) is 5.29. The Labute approximate surface area is 243 Å². The highest BCUT2D eigenvalue weighted by Crippen LogP contribution is 2.44. The van der Waals surface area contributed by atoms with Gasteiger partial charge in [0.15, 0.2) is 0 Å². The van der Waals surface area contributed by atoms with Gasteiger partial charge in [0.25, 0.3) is 0 Å². The van der Waals surface area contributed by atoms with E-state index in [-0.39, 0.29) is 12.1 Å². The molecule has 3 aromatic heterocycles. The predicted octanol–water partition coefficient (Wildman–Crippen LogP) is 3.93. The maximum Gasteiger partial charge on any atom is 0.320 e. The van der Waals surface area contributed by atoms with E-state index in [9.17, 15) is 4.79 Å². The van der Waals surface area contributed by atoms with E-state index in [1.54, 1.807) is 13.3 Å². The van der Waals surface area contributed by atoms with E-state index in [0.29, 0.717) is 45.4 Å². The number of ether oxygens (including phenoxy) is 5. The number of anilines is 1. The molecule has 6 heterocycles. The van der Waals surface area contributed by atoms with E-state index >= 15 is 0 Å². The number of carbonyl (C=O) groups is 1. The monoisotopic (exact) mass is 571 g/mol. The van der Waals surface area contributed by atoms with Crippen LogP contribution in [0.3, 0.4) is 0 Å². The summed E-state index contributed by atoms with van der Waals surface area (Å²) in [5.74, 6) is 2.02. The van der Waals surface area contributed by atoms with Crippen LogP contribution in [0.15, 0.2) is 48.8 Å². The molecule has 0 bridgehead atoms. The molecule has 0 saturated carbocycles. The number of carbonyl (C=O) groups excluding carboxylic acids is 1. The number of benzene rings is 1. The van der Waals surface area contributed by atoms with Crippen molar-refractivity contribution in [3.05, 3.63) is 65.6 Å². The molecule has 0 aliphatic carbocycles. The zero-order chi connectivity index (χ0) is 28.7. The first-order valence-corrected chi connectivity index (χ1v) is 14.1. The lowest BCUT2D eigenvalue weighted by atomic mass is 9.89. The van der Waals surface area contributed by atoms with Gasteiger partial charge in [-0.05, 0) is 23.8 Å². The standard InChI is InChI=1S/C31H33N5O6/c1-36-15-24(23-11-28(32-14-26(23)36)35-30(37)33-13-19-3-5-20(38-2)6-4-19)25-12-27(42-21-16-40-17-21)22-7-9-41-31(29(22)34-25)8-10-39-18-31/h3-6,11-12,14-15,21H,7-10,13,16-18H2,1-2H3,(H2,32,33,35,37). The molecule has 1 spiro atoms. The summed E-state index contributed by atoms with van der Waals surface area (Å²) in [6, 6.07) is 11.1. The van der Waals surface area contributed by atoms with E-state index in [1.165, 1.54) is 0 Å². The third-order valence-electron chi connectivity index (χ3n) is 8.14. The maximum absolute atomic E-state index is 12.7. The van der Waals surface area contributed by atoms with Gasteiger partial charge in [0.2, 0.25) is 0 Å².